The number of carbonyl (C=O) groups excluding carboxylic acids is 1. The Hall–Kier alpha value is -1.59. The lowest BCUT2D eigenvalue weighted by Crippen LogP contribution is -2.71. The maximum atomic E-state index is 12.5. The SMILES string of the molecule is CCN(C)[C@@H]1Cc2ccc(O)c3c2[C@@]2(C)[C@@H](O3)C(=O)CC[C@@]12O. The predicted octanol–water partition coefficient (Wildman–Crippen LogP) is 1.38. The molecule has 1 fully saturated rings. The molecular formula is C18H23NO4. The molecule has 1 heterocycles. The number of hydrogen-bond acceptors (Lipinski definition) is 5. The third kappa shape index (κ3) is 1.57. The molecule has 0 aromatic heterocycles. The summed E-state index contributed by atoms with van der Waals surface area (Å²) in [5.41, 5.74) is 0.0479. The van der Waals surface area contributed by atoms with Crippen molar-refractivity contribution in [2.24, 2.45) is 0 Å². The second kappa shape index (κ2) is 4.48. The molecule has 1 aromatic carbocycles. The Bertz CT molecular complexity index is 703. The van der Waals surface area contributed by atoms with Gasteiger partial charge in [-0.15, -0.1) is 0 Å². The van der Waals surface area contributed by atoms with Gasteiger partial charge in [-0.25, -0.2) is 0 Å². The van der Waals surface area contributed by atoms with E-state index in [1.54, 1.807) is 6.07 Å². The molecule has 0 amide bonds. The largest absolute Gasteiger partial charge is 0.504 e. The number of rotatable bonds is 2. The topological polar surface area (TPSA) is 70.0 Å². The van der Waals surface area contributed by atoms with E-state index in [0.717, 1.165) is 17.7 Å². The second-order valence-corrected chi connectivity index (χ2v) is 7.33. The standard InChI is InChI=1S/C18H23NO4/c1-4-19(3)13-9-10-5-6-11(20)15-14(10)17(2)16(23-15)12(21)7-8-18(13,17)22/h5-6,13,16,20,22H,4,7-9H2,1-3H3/t13-,16+,17+,18-/m1/s1. The van der Waals surface area contributed by atoms with Crippen molar-refractivity contribution in [2.75, 3.05) is 13.6 Å². The zero-order valence-corrected chi connectivity index (χ0v) is 13.8. The highest BCUT2D eigenvalue weighted by Gasteiger charge is 2.69. The van der Waals surface area contributed by atoms with E-state index in [0.29, 0.717) is 25.0 Å². The Morgan fingerprint density at radius 2 is 2.17 bits per heavy atom. The highest BCUT2D eigenvalue weighted by molar-refractivity contribution is 5.89. The van der Waals surface area contributed by atoms with E-state index < -0.39 is 17.1 Å². The summed E-state index contributed by atoms with van der Waals surface area (Å²) in [5, 5.41) is 21.9. The average molecular weight is 317 g/mol. The normalized spacial score (nSPS) is 37.7. The van der Waals surface area contributed by atoms with Crippen LogP contribution in [0.5, 0.6) is 11.5 Å². The first-order valence-corrected chi connectivity index (χ1v) is 8.32. The molecule has 0 spiro atoms. The maximum Gasteiger partial charge on any atom is 0.174 e. The summed E-state index contributed by atoms with van der Waals surface area (Å²) in [7, 11) is 2.01. The highest BCUT2D eigenvalue weighted by atomic mass is 16.5. The zero-order chi connectivity index (χ0) is 16.6. The first-order valence-electron chi connectivity index (χ1n) is 8.32. The summed E-state index contributed by atoms with van der Waals surface area (Å²) in [4.78, 5) is 14.7. The van der Waals surface area contributed by atoms with Crippen molar-refractivity contribution in [2.45, 2.75) is 56.3 Å². The van der Waals surface area contributed by atoms with Crippen LogP contribution in [0.2, 0.25) is 0 Å². The molecule has 2 N–H and O–H groups in total. The van der Waals surface area contributed by atoms with Crippen LogP contribution in [0.4, 0.5) is 0 Å². The molecule has 0 bridgehead atoms. The molecule has 0 saturated heterocycles. The van der Waals surface area contributed by atoms with E-state index >= 15 is 0 Å². The Kier molecular flexibility index (Phi) is 2.92. The van der Waals surface area contributed by atoms with Crippen LogP contribution in [0.1, 0.15) is 37.8 Å². The van der Waals surface area contributed by atoms with Gasteiger partial charge in [0.15, 0.2) is 23.4 Å². The Morgan fingerprint density at radius 3 is 2.87 bits per heavy atom. The number of aliphatic hydroxyl groups is 1. The van der Waals surface area contributed by atoms with Gasteiger partial charge in [0.2, 0.25) is 0 Å². The second-order valence-electron chi connectivity index (χ2n) is 7.33. The number of Topliss-reactive ketones (excluding diaryl/α,β-unsaturated/α-hetero) is 1. The van der Waals surface area contributed by atoms with Crippen LogP contribution in [0.25, 0.3) is 0 Å². The van der Waals surface area contributed by atoms with Crippen molar-refractivity contribution in [3.05, 3.63) is 23.3 Å². The first kappa shape index (κ1) is 15.0. The maximum absolute atomic E-state index is 12.5. The van der Waals surface area contributed by atoms with Gasteiger partial charge in [0.1, 0.15) is 0 Å². The fraction of sp³-hybridized carbons (Fsp3) is 0.611. The van der Waals surface area contributed by atoms with Crippen LogP contribution < -0.4 is 4.74 Å². The molecule has 23 heavy (non-hydrogen) atoms. The molecule has 0 radical (unpaired) electrons. The van der Waals surface area contributed by atoms with E-state index in [-0.39, 0.29) is 17.6 Å². The van der Waals surface area contributed by atoms with E-state index in [4.69, 9.17) is 4.74 Å². The fourth-order valence-corrected chi connectivity index (χ4v) is 5.00. The van der Waals surface area contributed by atoms with Crippen molar-refractivity contribution in [1.29, 1.82) is 0 Å². The summed E-state index contributed by atoms with van der Waals surface area (Å²) in [6, 6.07) is 3.47. The minimum atomic E-state index is -1.04. The van der Waals surface area contributed by atoms with Crippen LogP contribution in [-0.4, -0.2) is 52.2 Å². The molecule has 1 aromatic rings. The van der Waals surface area contributed by atoms with Gasteiger partial charge in [-0.3, -0.25) is 4.79 Å². The van der Waals surface area contributed by atoms with Crippen molar-refractivity contribution in [3.8, 4) is 11.5 Å². The molecule has 4 rings (SSSR count). The molecule has 3 aliphatic rings. The third-order valence-electron chi connectivity index (χ3n) is 6.44. The number of ketones is 1. The Balaban J connectivity index is 2.00. The molecule has 1 aliphatic heterocycles. The molecule has 1 saturated carbocycles. The average Bonchev–Trinajstić information content (AvgIpc) is 2.87. The van der Waals surface area contributed by atoms with Crippen LogP contribution in [0.15, 0.2) is 12.1 Å². The van der Waals surface area contributed by atoms with Crippen LogP contribution in [0.3, 0.4) is 0 Å². The summed E-state index contributed by atoms with van der Waals surface area (Å²) in [6.07, 6.45) is 0.737. The number of carbonyl (C=O) groups is 1. The quantitative estimate of drug-likeness (QED) is 0.862. The molecule has 5 heteroatoms. The summed E-state index contributed by atoms with van der Waals surface area (Å²) in [6.45, 7) is 4.82. The van der Waals surface area contributed by atoms with E-state index in [2.05, 4.69) is 11.8 Å². The lowest BCUT2D eigenvalue weighted by atomic mass is 9.52. The number of ether oxygens (including phenoxy) is 1. The first-order chi connectivity index (χ1) is 10.8. The molecule has 5 nitrogen and oxygen atoms in total. The van der Waals surface area contributed by atoms with Gasteiger partial charge in [-0.1, -0.05) is 13.0 Å². The van der Waals surface area contributed by atoms with Crippen molar-refractivity contribution >= 4 is 5.78 Å². The lowest BCUT2D eigenvalue weighted by molar-refractivity contribution is -0.164. The van der Waals surface area contributed by atoms with Gasteiger partial charge < -0.3 is 19.8 Å². The van der Waals surface area contributed by atoms with Gasteiger partial charge >= 0.3 is 0 Å². The number of aromatic hydroxyl groups is 1. The molecular weight excluding hydrogens is 294 g/mol. The zero-order valence-electron chi connectivity index (χ0n) is 13.8. The number of nitrogens with zero attached hydrogens (tertiary/aromatic N) is 1. The number of hydrogen-bond donors (Lipinski definition) is 2. The summed E-state index contributed by atoms with van der Waals surface area (Å²) >= 11 is 0. The molecule has 4 atom stereocenters. The smallest absolute Gasteiger partial charge is 0.174 e. The van der Waals surface area contributed by atoms with E-state index in [9.17, 15) is 15.0 Å². The minimum absolute atomic E-state index is 0.0125. The van der Waals surface area contributed by atoms with E-state index in [1.807, 2.05) is 20.0 Å². The van der Waals surface area contributed by atoms with Crippen LogP contribution >= 0.6 is 0 Å². The lowest BCUT2D eigenvalue weighted by Gasteiger charge is -2.56. The van der Waals surface area contributed by atoms with Crippen LogP contribution in [-0.2, 0) is 16.6 Å². The number of phenolic OH excluding ortho intramolecular Hbond substituents is 1. The number of benzene rings is 1. The minimum Gasteiger partial charge on any atom is -0.504 e. The molecule has 124 valence electrons. The monoisotopic (exact) mass is 317 g/mol. The summed E-state index contributed by atoms with van der Waals surface area (Å²) in [5.74, 6) is 0.455. The van der Waals surface area contributed by atoms with Gasteiger partial charge in [0.05, 0.1) is 11.0 Å². The van der Waals surface area contributed by atoms with Gasteiger partial charge in [-0.2, -0.15) is 0 Å². The highest BCUT2D eigenvalue weighted by Crippen LogP contribution is 2.61. The number of likely N-dealkylation sites (N-methyl/N-ethyl adjacent to an activating group) is 1. The van der Waals surface area contributed by atoms with Crippen molar-refractivity contribution in [3.63, 3.8) is 0 Å². The molecule has 0 unspecified atom stereocenters. The summed E-state index contributed by atoms with van der Waals surface area (Å²) < 4.78 is 5.90. The van der Waals surface area contributed by atoms with Crippen molar-refractivity contribution in [1.82, 2.24) is 4.90 Å². The van der Waals surface area contributed by atoms with Crippen LogP contribution in [0, 0.1) is 0 Å². The Morgan fingerprint density at radius 1 is 1.43 bits per heavy atom. The number of phenols is 1. The van der Waals surface area contributed by atoms with E-state index in [1.165, 1.54) is 0 Å². The third-order valence-corrected chi connectivity index (χ3v) is 6.44. The van der Waals surface area contributed by atoms with Gasteiger partial charge in [0, 0.05) is 18.0 Å². The Labute approximate surface area is 135 Å². The predicted molar refractivity (Wildman–Crippen MR) is 84.9 cm³/mol. The van der Waals surface area contributed by atoms with Gasteiger partial charge in [0.25, 0.3) is 0 Å². The van der Waals surface area contributed by atoms with Gasteiger partial charge in [-0.05, 0) is 45.0 Å². The van der Waals surface area contributed by atoms with Crippen molar-refractivity contribution < 1.29 is 19.7 Å². The fourth-order valence-electron chi connectivity index (χ4n) is 5.00. The molecule has 2 aliphatic carbocycles.